The lowest BCUT2D eigenvalue weighted by Gasteiger charge is -2.24. The Balaban J connectivity index is 1.88. The number of fused-ring (bicyclic) bond motifs is 1. The van der Waals surface area contributed by atoms with Gasteiger partial charge in [0.2, 0.25) is 0 Å². The molecule has 220 valence electrons. The Morgan fingerprint density at radius 1 is 0.523 bits per heavy atom. The molecule has 0 fully saturated rings. The topological polar surface area (TPSA) is 20.3 Å². The number of hydrogen-bond donors (Lipinski definition) is 0. The van der Waals surface area contributed by atoms with Crippen molar-refractivity contribution in [3.05, 3.63) is 130 Å². The Morgan fingerprint density at radius 3 is 1.25 bits per heavy atom. The first-order valence-electron chi connectivity index (χ1n) is 15.5. The molecule has 5 aromatic carbocycles. The second kappa shape index (κ2) is 12.3. The Labute approximate surface area is 265 Å². The first-order chi connectivity index (χ1) is 21.3. The van der Waals surface area contributed by atoms with Gasteiger partial charge in [-0.3, -0.25) is 4.79 Å². The molecule has 0 aliphatic rings. The fraction of sp³-hybridized carbons (Fsp3) is 0.195. The molecular formula is C41H39NOS. The molecule has 0 aliphatic heterocycles. The first kappa shape index (κ1) is 29.6. The summed E-state index contributed by atoms with van der Waals surface area (Å²) < 4.78 is 0. The van der Waals surface area contributed by atoms with Gasteiger partial charge in [-0.2, -0.15) is 0 Å². The van der Waals surface area contributed by atoms with E-state index < -0.39 is 0 Å². The fourth-order valence-electron chi connectivity index (χ4n) is 6.16. The van der Waals surface area contributed by atoms with Crippen LogP contribution in [0.4, 0.5) is 0 Å². The van der Waals surface area contributed by atoms with E-state index in [2.05, 4.69) is 144 Å². The van der Waals surface area contributed by atoms with Gasteiger partial charge in [0.1, 0.15) is 4.88 Å². The van der Waals surface area contributed by atoms with Crippen molar-refractivity contribution in [3.63, 3.8) is 0 Å². The number of thiophene rings is 1. The molecule has 0 saturated carbocycles. The third kappa shape index (κ3) is 5.37. The number of hydrogen-bond acceptors (Lipinski definition) is 2. The predicted octanol–water partition coefficient (Wildman–Crippen LogP) is 11.3. The van der Waals surface area contributed by atoms with Crippen molar-refractivity contribution in [1.29, 1.82) is 0 Å². The first-order valence-corrected chi connectivity index (χ1v) is 16.4. The number of carbonyl (C=O) groups is 1. The number of benzene rings is 5. The Morgan fingerprint density at radius 2 is 0.864 bits per heavy atom. The summed E-state index contributed by atoms with van der Waals surface area (Å²) in [6.45, 7) is 14.0. The van der Waals surface area contributed by atoms with Gasteiger partial charge in [-0.1, -0.05) is 119 Å². The number of aryl methyl sites for hydroxylation is 4. The highest BCUT2D eigenvalue weighted by Crippen LogP contribution is 2.53. The van der Waals surface area contributed by atoms with Gasteiger partial charge < -0.3 is 4.90 Å². The maximum absolute atomic E-state index is 14.2. The standard InChI is InChI=1S/C41H39NOS/c1-7-42(8-2)41(43)40-39-34(25-44-40)35(30-17-9-26(3)10-18-30)36(31-19-11-27(4)12-20-31)37(32-21-13-28(5)14-22-32)38(39)33-23-15-29(6)16-24-33/h9-25H,7-8H2,1-6H3. The number of nitrogens with zero attached hydrogens (tertiary/aromatic N) is 1. The zero-order chi connectivity index (χ0) is 31.0. The highest BCUT2D eigenvalue weighted by atomic mass is 32.1. The molecule has 0 unspecified atom stereocenters. The van der Waals surface area contributed by atoms with Crippen molar-refractivity contribution in [2.75, 3.05) is 13.1 Å². The molecule has 44 heavy (non-hydrogen) atoms. The van der Waals surface area contributed by atoms with E-state index in [1.165, 1.54) is 38.9 Å². The summed E-state index contributed by atoms with van der Waals surface area (Å²) in [5.41, 5.74) is 14.1. The molecule has 1 aromatic heterocycles. The molecule has 3 heteroatoms. The third-order valence-electron chi connectivity index (χ3n) is 8.67. The predicted molar refractivity (Wildman–Crippen MR) is 190 cm³/mol. The molecule has 0 atom stereocenters. The molecule has 1 amide bonds. The molecule has 6 rings (SSSR count). The van der Waals surface area contributed by atoms with Crippen LogP contribution in [0.5, 0.6) is 0 Å². The highest BCUT2D eigenvalue weighted by molar-refractivity contribution is 7.14. The summed E-state index contributed by atoms with van der Waals surface area (Å²) >= 11 is 1.58. The minimum atomic E-state index is 0.0937. The molecule has 0 saturated heterocycles. The average Bonchev–Trinajstić information content (AvgIpc) is 3.47. The van der Waals surface area contributed by atoms with E-state index in [0.717, 1.165) is 43.5 Å². The van der Waals surface area contributed by atoms with Crippen molar-refractivity contribution in [1.82, 2.24) is 4.90 Å². The maximum atomic E-state index is 14.2. The molecule has 6 aromatic rings. The van der Waals surface area contributed by atoms with Gasteiger partial charge >= 0.3 is 0 Å². The van der Waals surface area contributed by atoms with Crippen LogP contribution in [-0.4, -0.2) is 23.9 Å². The highest BCUT2D eigenvalue weighted by Gasteiger charge is 2.29. The van der Waals surface area contributed by atoms with Gasteiger partial charge in [0.05, 0.1) is 0 Å². The Kier molecular flexibility index (Phi) is 8.25. The van der Waals surface area contributed by atoms with Crippen LogP contribution in [0, 0.1) is 27.7 Å². The van der Waals surface area contributed by atoms with Gasteiger partial charge in [0.15, 0.2) is 0 Å². The van der Waals surface area contributed by atoms with Crippen molar-refractivity contribution in [2.45, 2.75) is 41.5 Å². The quantitative estimate of drug-likeness (QED) is 0.180. The van der Waals surface area contributed by atoms with E-state index >= 15 is 0 Å². The largest absolute Gasteiger partial charge is 0.338 e. The molecule has 0 bridgehead atoms. The molecule has 0 aliphatic carbocycles. The van der Waals surface area contributed by atoms with Crippen LogP contribution in [-0.2, 0) is 0 Å². The van der Waals surface area contributed by atoms with Crippen LogP contribution in [0.25, 0.3) is 55.3 Å². The van der Waals surface area contributed by atoms with E-state index in [9.17, 15) is 4.79 Å². The molecule has 1 heterocycles. The zero-order valence-corrected chi connectivity index (χ0v) is 27.3. The molecular weight excluding hydrogens is 555 g/mol. The SMILES string of the molecule is CCN(CC)C(=O)c1scc2c(-c3ccc(C)cc3)c(-c3ccc(C)cc3)c(-c3ccc(C)cc3)c(-c3ccc(C)cc3)c12. The van der Waals surface area contributed by atoms with Crippen LogP contribution in [0.2, 0.25) is 0 Å². The van der Waals surface area contributed by atoms with Crippen molar-refractivity contribution >= 4 is 28.0 Å². The van der Waals surface area contributed by atoms with Crippen LogP contribution in [0.15, 0.2) is 102 Å². The summed E-state index contributed by atoms with van der Waals surface area (Å²) in [5.74, 6) is 0.0937. The summed E-state index contributed by atoms with van der Waals surface area (Å²) in [6, 6.07) is 35.4. The van der Waals surface area contributed by atoms with Crippen molar-refractivity contribution < 1.29 is 4.79 Å². The summed E-state index contributed by atoms with van der Waals surface area (Å²) in [5, 5.41) is 4.38. The van der Waals surface area contributed by atoms with E-state index in [1.807, 2.05) is 4.90 Å². The summed E-state index contributed by atoms with van der Waals surface area (Å²) in [7, 11) is 0. The van der Waals surface area contributed by atoms with Gasteiger partial charge in [-0.05, 0) is 86.1 Å². The van der Waals surface area contributed by atoms with Gasteiger partial charge in [-0.25, -0.2) is 0 Å². The smallest absolute Gasteiger partial charge is 0.264 e. The third-order valence-corrected chi connectivity index (χ3v) is 9.63. The Bertz CT molecular complexity index is 1940. The van der Waals surface area contributed by atoms with E-state index in [1.54, 1.807) is 11.3 Å². The Hall–Kier alpha value is -4.47. The average molecular weight is 594 g/mol. The van der Waals surface area contributed by atoms with E-state index in [0.29, 0.717) is 13.1 Å². The van der Waals surface area contributed by atoms with Crippen molar-refractivity contribution in [3.8, 4) is 44.5 Å². The number of rotatable bonds is 7. The fourth-order valence-corrected chi connectivity index (χ4v) is 7.19. The lowest BCUT2D eigenvalue weighted by Crippen LogP contribution is -2.30. The summed E-state index contributed by atoms with van der Waals surface area (Å²) in [6.07, 6.45) is 0. The van der Waals surface area contributed by atoms with Gasteiger partial charge in [-0.15, -0.1) is 11.3 Å². The minimum Gasteiger partial charge on any atom is -0.338 e. The zero-order valence-electron chi connectivity index (χ0n) is 26.5. The van der Waals surface area contributed by atoms with Crippen molar-refractivity contribution in [2.24, 2.45) is 0 Å². The monoisotopic (exact) mass is 593 g/mol. The van der Waals surface area contributed by atoms with E-state index in [-0.39, 0.29) is 5.91 Å². The molecule has 0 spiro atoms. The molecule has 0 radical (unpaired) electrons. The maximum Gasteiger partial charge on any atom is 0.264 e. The van der Waals surface area contributed by atoms with Crippen LogP contribution in [0.3, 0.4) is 0 Å². The number of carbonyl (C=O) groups excluding carboxylic acids is 1. The minimum absolute atomic E-state index is 0.0937. The van der Waals surface area contributed by atoms with Crippen LogP contribution < -0.4 is 0 Å². The number of amides is 1. The van der Waals surface area contributed by atoms with Crippen LogP contribution >= 0.6 is 11.3 Å². The lowest BCUT2D eigenvalue weighted by molar-refractivity contribution is 0.0779. The van der Waals surface area contributed by atoms with Gasteiger partial charge in [0, 0.05) is 29.2 Å². The molecule has 0 N–H and O–H groups in total. The lowest BCUT2D eigenvalue weighted by atomic mass is 9.79. The normalized spacial score (nSPS) is 11.2. The van der Waals surface area contributed by atoms with Gasteiger partial charge in [0.25, 0.3) is 5.91 Å². The second-order valence-corrected chi connectivity index (χ2v) is 12.7. The van der Waals surface area contributed by atoms with Crippen LogP contribution in [0.1, 0.15) is 45.8 Å². The second-order valence-electron chi connectivity index (χ2n) is 11.8. The summed E-state index contributed by atoms with van der Waals surface area (Å²) in [4.78, 5) is 17.0. The van der Waals surface area contributed by atoms with E-state index in [4.69, 9.17) is 0 Å². The molecule has 2 nitrogen and oxygen atoms in total.